The molecule has 0 aliphatic heterocycles. The van der Waals surface area contributed by atoms with Crippen LogP contribution in [-0.4, -0.2) is 0 Å². The second kappa shape index (κ2) is 5.33. The van der Waals surface area contributed by atoms with E-state index in [1.54, 1.807) is 6.08 Å². The third-order valence-electron chi connectivity index (χ3n) is 3.00. The predicted octanol–water partition coefficient (Wildman–Crippen LogP) is 4.59. The van der Waals surface area contributed by atoms with E-state index in [1.807, 2.05) is 19.1 Å². The minimum Gasteiger partial charge on any atom is -0.193 e. The maximum absolute atomic E-state index is 8.77. The Labute approximate surface area is 108 Å². The summed E-state index contributed by atoms with van der Waals surface area (Å²) in [6.45, 7) is 4.05. The van der Waals surface area contributed by atoms with E-state index >= 15 is 0 Å². The quantitative estimate of drug-likeness (QED) is 0.696. The van der Waals surface area contributed by atoms with Crippen LogP contribution in [0.5, 0.6) is 0 Å². The highest BCUT2D eigenvalue weighted by Gasteiger charge is 2.05. The minimum absolute atomic E-state index is 0.994. The van der Waals surface area contributed by atoms with Gasteiger partial charge < -0.3 is 0 Å². The molecule has 0 aromatic heterocycles. The summed E-state index contributed by atoms with van der Waals surface area (Å²) in [5.74, 6) is 0. The van der Waals surface area contributed by atoms with Crippen LogP contribution in [-0.2, 0) is 0 Å². The molecule has 0 atom stereocenters. The standard InChI is InChI=1S/C17H15N/c1-13-7-9-15(10-8-13)17-6-4-3-5-16(17)14(2)11-12-18/h3-11H,1-2H3. The lowest BCUT2D eigenvalue weighted by molar-refractivity contribution is 1.46. The number of allylic oxidation sites excluding steroid dienone is 2. The molecule has 0 saturated heterocycles. The highest BCUT2D eigenvalue weighted by atomic mass is 14.2. The summed E-state index contributed by atoms with van der Waals surface area (Å²) >= 11 is 0. The molecule has 0 spiro atoms. The van der Waals surface area contributed by atoms with Gasteiger partial charge in [0.15, 0.2) is 0 Å². The Balaban J connectivity index is 2.55. The van der Waals surface area contributed by atoms with Crippen LogP contribution >= 0.6 is 0 Å². The molecule has 0 radical (unpaired) electrons. The van der Waals surface area contributed by atoms with Crippen molar-refractivity contribution >= 4 is 5.57 Å². The van der Waals surface area contributed by atoms with E-state index in [-0.39, 0.29) is 0 Å². The zero-order valence-electron chi connectivity index (χ0n) is 10.6. The molecule has 0 heterocycles. The molecule has 0 unspecified atom stereocenters. The average molecular weight is 233 g/mol. The van der Waals surface area contributed by atoms with Gasteiger partial charge in [-0.3, -0.25) is 0 Å². The molecule has 0 fully saturated rings. The van der Waals surface area contributed by atoms with Crippen LogP contribution in [0.2, 0.25) is 0 Å². The summed E-state index contributed by atoms with van der Waals surface area (Å²) < 4.78 is 0. The largest absolute Gasteiger partial charge is 0.193 e. The summed E-state index contributed by atoms with van der Waals surface area (Å²) in [4.78, 5) is 0. The number of nitriles is 1. The van der Waals surface area contributed by atoms with Gasteiger partial charge in [-0.1, -0.05) is 54.1 Å². The SMILES string of the molecule is CC(=CC#N)c1ccccc1-c1ccc(C)cc1. The van der Waals surface area contributed by atoms with E-state index in [1.165, 1.54) is 16.7 Å². The predicted molar refractivity (Wildman–Crippen MR) is 75.9 cm³/mol. The smallest absolute Gasteiger partial charge is 0.0915 e. The molecule has 88 valence electrons. The molecular weight excluding hydrogens is 218 g/mol. The molecule has 0 aliphatic carbocycles. The minimum atomic E-state index is 0.994. The van der Waals surface area contributed by atoms with Crippen molar-refractivity contribution in [2.45, 2.75) is 13.8 Å². The number of rotatable bonds is 2. The molecule has 0 amide bonds. The molecular formula is C17H15N. The number of hydrogen-bond acceptors (Lipinski definition) is 1. The summed E-state index contributed by atoms with van der Waals surface area (Å²) in [5.41, 5.74) is 5.71. The van der Waals surface area contributed by atoms with Crippen molar-refractivity contribution in [1.29, 1.82) is 5.26 Å². The van der Waals surface area contributed by atoms with Gasteiger partial charge in [-0.25, -0.2) is 0 Å². The van der Waals surface area contributed by atoms with Gasteiger partial charge in [0.1, 0.15) is 0 Å². The van der Waals surface area contributed by atoms with Gasteiger partial charge in [0, 0.05) is 6.08 Å². The first kappa shape index (κ1) is 12.1. The fourth-order valence-electron chi connectivity index (χ4n) is 1.99. The van der Waals surface area contributed by atoms with Crippen molar-refractivity contribution in [3.63, 3.8) is 0 Å². The van der Waals surface area contributed by atoms with Gasteiger partial charge in [-0.2, -0.15) is 5.26 Å². The van der Waals surface area contributed by atoms with Crippen LogP contribution < -0.4 is 0 Å². The Morgan fingerprint density at radius 2 is 1.72 bits per heavy atom. The van der Waals surface area contributed by atoms with E-state index in [9.17, 15) is 0 Å². The van der Waals surface area contributed by atoms with E-state index in [4.69, 9.17) is 5.26 Å². The van der Waals surface area contributed by atoms with Crippen LogP contribution in [0.4, 0.5) is 0 Å². The maximum atomic E-state index is 8.77. The van der Waals surface area contributed by atoms with Gasteiger partial charge in [-0.15, -0.1) is 0 Å². The number of nitrogens with zero attached hydrogens (tertiary/aromatic N) is 1. The van der Waals surface area contributed by atoms with Crippen molar-refractivity contribution in [2.75, 3.05) is 0 Å². The van der Waals surface area contributed by atoms with Gasteiger partial charge in [0.2, 0.25) is 0 Å². The summed E-state index contributed by atoms with van der Waals surface area (Å²) in [5, 5.41) is 8.77. The zero-order valence-corrected chi connectivity index (χ0v) is 10.6. The second-order valence-corrected chi connectivity index (χ2v) is 4.37. The first-order valence-corrected chi connectivity index (χ1v) is 5.95. The van der Waals surface area contributed by atoms with E-state index in [0.29, 0.717) is 0 Å². The molecule has 0 N–H and O–H groups in total. The first-order valence-electron chi connectivity index (χ1n) is 5.95. The molecule has 2 rings (SSSR count). The Morgan fingerprint density at radius 1 is 1.06 bits per heavy atom. The van der Waals surface area contributed by atoms with Crippen molar-refractivity contribution in [1.82, 2.24) is 0 Å². The van der Waals surface area contributed by atoms with Gasteiger partial charge in [0.05, 0.1) is 6.07 Å². The highest BCUT2D eigenvalue weighted by Crippen LogP contribution is 2.28. The molecule has 2 aromatic rings. The van der Waals surface area contributed by atoms with Gasteiger partial charge >= 0.3 is 0 Å². The molecule has 18 heavy (non-hydrogen) atoms. The van der Waals surface area contributed by atoms with E-state index < -0.39 is 0 Å². The van der Waals surface area contributed by atoms with E-state index in [2.05, 4.69) is 49.4 Å². The topological polar surface area (TPSA) is 23.8 Å². The summed E-state index contributed by atoms with van der Waals surface area (Å²) in [6.07, 6.45) is 1.59. The average Bonchev–Trinajstić information content (AvgIpc) is 2.40. The molecule has 2 aromatic carbocycles. The number of hydrogen-bond donors (Lipinski definition) is 0. The molecule has 1 nitrogen and oxygen atoms in total. The van der Waals surface area contributed by atoms with Crippen LogP contribution in [0, 0.1) is 18.3 Å². The third kappa shape index (κ3) is 2.49. The molecule has 0 aliphatic rings. The molecule has 0 bridgehead atoms. The fraction of sp³-hybridized carbons (Fsp3) is 0.118. The number of aryl methyl sites for hydroxylation is 1. The monoisotopic (exact) mass is 233 g/mol. The Hall–Kier alpha value is -2.33. The Morgan fingerprint density at radius 3 is 2.39 bits per heavy atom. The Kier molecular flexibility index (Phi) is 3.60. The van der Waals surface area contributed by atoms with Gasteiger partial charge in [0.25, 0.3) is 0 Å². The maximum Gasteiger partial charge on any atom is 0.0915 e. The molecule has 0 saturated carbocycles. The second-order valence-electron chi connectivity index (χ2n) is 4.37. The van der Waals surface area contributed by atoms with Crippen LogP contribution in [0.1, 0.15) is 18.1 Å². The number of benzene rings is 2. The normalized spacial score (nSPS) is 11.1. The van der Waals surface area contributed by atoms with Crippen LogP contribution in [0.15, 0.2) is 54.6 Å². The lowest BCUT2D eigenvalue weighted by Crippen LogP contribution is -1.87. The highest BCUT2D eigenvalue weighted by molar-refractivity contribution is 5.81. The van der Waals surface area contributed by atoms with Crippen LogP contribution in [0.3, 0.4) is 0 Å². The molecule has 1 heteroatoms. The van der Waals surface area contributed by atoms with Crippen LogP contribution in [0.25, 0.3) is 16.7 Å². The van der Waals surface area contributed by atoms with E-state index in [0.717, 1.165) is 11.1 Å². The fourth-order valence-corrected chi connectivity index (χ4v) is 1.99. The van der Waals surface area contributed by atoms with Crippen molar-refractivity contribution in [3.05, 3.63) is 65.7 Å². The van der Waals surface area contributed by atoms with Crippen molar-refractivity contribution in [3.8, 4) is 17.2 Å². The third-order valence-corrected chi connectivity index (χ3v) is 3.00. The Bertz CT molecular complexity index is 613. The lowest BCUT2D eigenvalue weighted by Gasteiger charge is -2.09. The first-order chi connectivity index (χ1) is 8.72. The summed E-state index contributed by atoms with van der Waals surface area (Å²) in [7, 11) is 0. The van der Waals surface area contributed by atoms with Gasteiger partial charge in [-0.05, 0) is 36.1 Å². The zero-order chi connectivity index (χ0) is 13.0. The van der Waals surface area contributed by atoms with Crippen molar-refractivity contribution < 1.29 is 0 Å². The van der Waals surface area contributed by atoms with Crippen molar-refractivity contribution in [2.24, 2.45) is 0 Å². The lowest BCUT2D eigenvalue weighted by atomic mass is 9.95. The summed E-state index contributed by atoms with van der Waals surface area (Å²) in [6, 6.07) is 18.7.